The Kier molecular flexibility index (Phi) is 3.99. The van der Waals surface area contributed by atoms with Crippen LogP contribution in [0, 0.1) is 0 Å². The van der Waals surface area contributed by atoms with Gasteiger partial charge in [0.05, 0.1) is 5.56 Å². The van der Waals surface area contributed by atoms with Crippen molar-refractivity contribution in [1.29, 1.82) is 0 Å². The monoisotopic (exact) mass is 280 g/mol. The first kappa shape index (κ1) is 14.4. The summed E-state index contributed by atoms with van der Waals surface area (Å²) in [6, 6.07) is 13.0. The van der Waals surface area contributed by atoms with Crippen LogP contribution in [0.4, 0.5) is 24.5 Å². The zero-order valence-electron chi connectivity index (χ0n) is 11.0. The predicted molar refractivity (Wildman–Crippen MR) is 73.8 cm³/mol. The highest BCUT2D eigenvalue weighted by Crippen LogP contribution is 2.34. The van der Waals surface area contributed by atoms with Crippen LogP contribution >= 0.6 is 0 Å². The molecule has 0 aliphatic carbocycles. The molecule has 0 aliphatic heterocycles. The zero-order valence-corrected chi connectivity index (χ0v) is 11.0. The maximum Gasteiger partial charge on any atom is 0.416 e. The quantitative estimate of drug-likeness (QED) is 0.923. The number of hydrogen-bond donors (Lipinski definition) is 1. The van der Waals surface area contributed by atoms with Crippen LogP contribution in [-0.2, 0) is 12.7 Å². The summed E-state index contributed by atoms with van der Waals surface area (Å²) in [5.41, 5.74) is 6.93. The molecule has 2 nitrogen and oxygen atoms in total. The molecule has 0 unspecified atom stereocenters. The minimum Gasteiger partial charge on any atom is -0.344 e. The fourth-order valence-electron chi connectivity index (χ4n) is 2.04. The molecule has 2 aromatic rings. The lowest BCUT2D eigenvalue weighted by atomic mass is 10.1. The lowest BCUT2D eigenvalue weighted by Gasteiger charge is -2.23. The number of hydrogen-bond acceptors (Lipinski definition) is 2. The highest BCUT2D eigenvalue weighted by Gasteiger charge is 2.31. The van der Waals surface area contributed by atoms with Crippen LogP contribution in [0.25, 0.3) is 0 Å². The SMILES string of the molecule is CN(c1ccccc1)c1ccc(C(F)(F)F)cc1CN. The molecule has 0 amide bonds. The molecule has 0 bridgehead atoms. The molecule has 2 aromatic carbocycles. The van der Waals surface area contributed by atoms with Crippen LogP contribution in [0.5, 0.6) is 0 Å². The van der Waals surface area contributed by atoms with Crippen molar-refractivity contribution in [3.63, 3.8) is 0 Å². The summed E-state index contributed by atoms with van der Waals surface area (Å²) in [6.45, 7) is 0.0520. The fraction of sp³-hybridized carbons (Fsp3) is 0.200. The van der Waals surface area contributed by atoms with Gasteiger partial charge in [-0.1, -0.05) is 18.2 Å². The molecular formula is C15H15F3N2. The normalized spacial score (nSPS) is 11.4. The molecule has 0 radical (unpaired) electrons. The van der Waals surface area contributed by atoms with Gasteiger partial charge in [0, 0.05) is 25.0 Å². The van der Waals surface area contributed by atoms with Crippen LogP contribution in [0.2, 0.25) is 0 Å². The molecule has 20 heavy (non-hydrogen) atoms. The molecule has 0 saturated heterocycles. The van der Waals surface area contributed by atoms with Gasteiger partial charge in [-0.15, -0.1) is 0 Å². The smallest absolute Gasteiger partial charge is 0.344 e. The molecule has 0 fully saturated rings. The minimum absolute atomic E-state index is 0.0520. The fourth-order valence-corrected chi connectivity index (χ4v) is 2.04. The van der Waals surface area contributed by atoms with Gasteiger partial charge in [0.1, 0.15) is 0 Å². The molecule has 0 aliphatic rings. The minimum atomic E-state index is -4.35. The lowest BCUT2D eigenvalue weighted by Crippen LogP contribution is -2.15. The van der Waals surface area contributed by atoms with E-state index < -0.39 is 11.7 Å². The van der Waals surface area contributed by atoms with Gasteiger partial charge in [-0.3, -0.25) is 0 Å². The molecule has 2 N–H and O–H groups in total. The van der Waals surface area contributed by atoms with Crippen LogP contribution < -0.4 is 10.6 Å². The van der Waals surface area contributed by atoms with Crippen LogP contribution in [0.15, 0.2) is 48.5 Å². The molecule has 0 spiro atoms. The van der Waals surface area contributed by atoms with Gasteiger partial charge in [-0.25, -0.2) is 0 Å². The van der Waals surface area contributed by atoms with E-state index in [4.69, 9.17) is 5.73 Å². The Morgan fingerprint density at radius 3 is 2.25 bits per heavy atom. The van der Waals surface area contributed by atoms with E-state index in [2.05, 4.69) is 0 Å². The van der Waals surface area contributed by atoms with Crippen molar-refractivity contribution >= 4 is 11.4 Å². The van der Waals surface area contributed by atoms with Gasteiger partial charge in [0.2, 0.25) is 0 Å². The molecule has 2 rings (SSSR count). The Bertz CT molecular complexity index is 579. The number of nitrogens with two attached hydrogens (primary N) is 1. The predicted octanol–water partition coefficient (Wildman–Crippen LogP) is 3.93. The summed E-state index contributed by atoms with van der Waals surface area (Å²) in [5.74, 6) is 0. The van der Waals surface area contributed by atoms with E-state index in [1.165, 1.54) is 6.07 Å². The summed E-state index contributed by atoms with van der Waals surface area (Å²) >= 11 is 0. The van der Waals surface area contributed by atoms with Gasteiger partial charge >= 0.3 is 6.18 Å². The van der Waals surface area contributed by atoms with Gasteiger partial charge in [0.15, 0.2) is 0 Å². The van der Waals surface area contributed by atoms with E-state index >= 15 is 0 Å². The molecule has 0 aromatic heterocycles. The summed E-state index contributed by atoms with van der Waals surface area (Å²) in [4.78, 5) is 1.82. The van der Waals surface area contributed by atoms with Crippen LogP contribution in [0.3, 0.4) is 0 Å². The second-order valence-electron chi connectivity index (χ2n) is 4.44. The number of anilines is 2. The summed E-state index contributed by atoms with van der Waals surface area (Å²) in [6.07, 6.45) is -4.35. The Morgan fingerprint density at radius 1 is 1.05 bits per heavy atom. The summed E-state index contributed by atoms with van der Waals surface area (Å²) < 4.78 is 38.1. The highest BCUT2D eigenvalue weighted by molar-refractivity contribution is 5.66. The van der Waals surface area contributed by atoms with Crippen molar-refractivity contribution in [3.05, 3.63) is 59.7 Å². The average molecular weight is 280 g/mol. The van der Waals surface area contributed by atoms with Crippen LogP contribution in [-0.4, -0.2) is 7.05 Å². The van der Waals surface area contributed by atoms with E-state index in [9.17, 15) is 13.2 Å². The van der Waals surface area contributed by atoms with E-state index in [1.807, 2.05) is 35.2 Å². The first-order chi connectivity index (χ1) is 9.43. The average Bonchev–Trinajstić information content (AvgIpc) is 2.45. The second kappa shape index (κ2) is 5.54. The largest absolute Gasteiger partial charge is 0.416 e. The maximum atomic E-state index is 12.7. The Hall–Kier alpha value is -2.01. The van der Waals surface area contributed by atoms with Crippen LogP contribution in [0.1, 0.15) is 11.1 Å². The summed E-state index contributed by atoms with van der Waals surface area (Å²) in [5, 5.41) is 0. The number of para-hydroxylation sites is 1. The van der Waals surface area contributed by atoms with Crippen molar-refractivity contribution in [3.8, 4) is 0 Å². The van der Waals surface area contributed by atoms with Crippen molar-refractivity contribution in [2.45, 2.75) is 12.7 Å². The lowest BCUT2D eigenvalue weighted by molar-refractivity contribution is -0.137. The first-order valence-corrected chi connectivity index (χ1v) is 6.12. The van der Waals surface area contributed by atoms with E-state index in [1.54, 1.807) is 7.05 Å². The van der Waals surface area contributed by atoms with Gasteiger partial charge in [-0.05, 0) is 35.9 Å². The van der Waals surface area contributed by atoms with Gasteiger partial charge in [0.25, 0.3) is 0 Å². The number of halogens is 3. The topological polar surface area (TPSA) is 29.3 Å². The highest BCUT2D eigenvalue weighted by atomic mass is 19.4. The first-order valence-electron chi connectivity index (χ1n) is 6.12. The Labute approximate surface area is 115 Å². The van der Waals surface area contributed by atoms with E-state index in [-0.39, 0.29) is 6.54 Å². The van der Waals surface area contributed by atoms with E-state index in [0.29, 0.717) is 11.3 Å². The van der Waals surface area contributed by atoms with Crippen molar-refractivity contribution in [2.75, 3.05) is 11.9 Å². The Morgan fingerprint density at radius 2 is 1.70 bits per heavy atom. The molecule has 0 heterocycles. The second-order valence-corrected chi connectivity index (χ2v) is 4.44. The van der Waals surface area contributed by atoms with Crippen molar-refractivity contribution in [2.24, 2.45) is 5.73 Å². The molecular weight excluding hydrogens is 265 g/mol. The molecule has 106 valence electrons. The maximum absolute atomic E-state index is 12.7. The number of nitrogens with zero attached hydrogens (tertiary/aromatic N) is 1. The zero-order chi connectivity index (χ0) is 14.8. The van der Waals surface area contributed by atoms with Gasteiger partial charge < -0.3 is 10.6 Å². The summed E-state index contributed by atoms with van der Waals surface area (Å²) in [7, 11) is 1.80. The number of rotatable bonds is 3. The third-order valence-corrected chi connectivity index (χ3v) is 3.13. The Balaban J connectivity index is 2.42. The van der Waals surface area contributed by atoms with E-state index in [0.717, 1.165) is 17.8 Å². The third kappa shape index (κ3) is 2.93. The standard InChI is InChI=1S/C15H15F3N2/c1-20(13-5-3-2-4-6-13)14-8-7-12(15(16,17)18)9-11(14)10-19/h2-9H,10,19H2,1H3. The number of benzene rings is 2. The molecule has 0 atom stereocenters. The molecule has 0 saturated carbocycles. The number of alkyl halides is 3. The van der Waals surface area contributed by atoms with Crippen molar-refractivity contribution < 1.29 is 13.2 Å². The molecule has 5 heteroatoms. The van der Waals surface area contributed by atoms with Crippen molar-refractivity contribution in [1.82, 2.24) is 0 Å². The third-order valence-electron chi connectivity index (χ3n) is 3.13. The van der Waals surface area contributed by atoms with Gasteiger partial charge in [-0.2, -0.15) is 13.2 Å².